The summed E-state index contributed by atoms with van der Waals surface area (Å²) in [6, 6.07) is 0. The van der Waals surface area contributed by atoms with Crippen molar-refractivity contribution in [2.24, 2.45) is 5.92 Å². The van der Waals surface area contributed by atoms with Gasteiger partial charge in [0.05, 0.1) is 11.8 Å². The van der Waals surface area contributed by atoms with Gasteiger partial charge in [-0.1, -0.05) is 26.7 Å². The molecule has 3 nitrogen and oxygen atoms in total. The second-order valence-electron chi connectivity index (χ2n) is 3.16. The summed E-state index contributed by atoms with van der Waals surface area (Å²) in [7, 11) is 0. The Morgan fingerprint density at radius 1 is 1.31 bits per heavy atom. The lowest BCUT2D eigenvalue weighted by molar-refractivity contribution is -0.133. The molecule has 0 saturated heterocycles. The zero-order valence-electron chi connectivity index (χ0n) is 8.29. The van der Waals surface area contributed by atoms with Crippen LogP contribution >= 0.6 is 0 Å². The fourth-order valence-electron chi connectivity index (χ4n) is 1.49. The van der Waals surface area contributed by atoms with E-state index in [4.69, 9.17) is 10.2 Å². The standard InChI is InChI=1S/C10H18O3/c1-3-5-8(6-4-2)9(7-11)10(12)13/h7-8,11H,3-6H2,1-2H3,(H,12,13). The first-order valence-corrected chi connectivity index (χ1v) is 4.74. The molecule has 3 heteroatoms. The van der Waals surface area contributed by atoms with E-state index in [1.165, 1.54) is 0 Å². The van der Waals surface area contributed by atoms with E-state index in [-0.39, 0.29) is 11.5 Å². The molecule has 0 aliphatic rings. The molecule has 0 amide bonds. The van der Waals surface area contributed by atoms with E-state index >= 15 is 0 Å². The van der Waals surface area contributed by atoms with Gasteiger partial charge in [-0.25, -0.2) is 4.79 Å². The maximum absolute atomic E-state index is 10.7. The first-order chi connectivity index (χ1) is 6.17. The zero-order chi connectivity index (χ0) is 10.3. The van der Waals surface area contributed by atoms with E-state index in [0.29, 0.717) is 0 Å². The van der Waals surface area contributed by atoms with Crippen molar-refractivity contribution in [2.45, 2.75) is 39.5 Å². The number of hydrogen-bond acceptors (Lipinski definition) is 2. The third-order valence-electron chi connectivity index (χ3n) is 2.10. The summed E-state index contributed by atoms with van der Waals surface area (Å²) in [5.41, 5.74) is 0.142. The molecule has 0 rings (SSSR count). The average Bonchev–Trinajstić information content (AvgIpc) is 2.05. The summed E-state index contributed by atoms with van der Waals surface area (Å²) in [6.07, 6.45) is 4.27. The van der Waals surface area contributed by atoms with Gasteiger partial charge in [-0.15, -0.1) is 0 Å². The minimum atomic E-state index is -1.01. The normalized spacial score (nSPS) is 12.1. The van der Waals surface area contributed by atoms with Crippen LogP contribution in [0, 0.1) is 5.92 Å². The van der Waals surface area contributed by atoms with Crippen molar-refractivity contribution in [2.75, 3.05) is 0 Å². The molecular formula is C10H18O3. The molecule has 76 valence electrons. The highest BCUT2D eigenvalue weighted by atomic mass is 16.4. The Hall–Kier alpha value is -0.990. The first-order valence-electron chi connectivity index (χ1n) is 4.74. The van der Waals surface area contributed by atoms with Gasteiger partial charge in [-0.2, -0.15) is 0 Å². The largest absolute Gasteiger partial charge is 0.515 e. The molecule has 0 heterocycles. The Kier molecular flexibility index (Phi) is 6.02. The summed E-state index contributed by atoms with van der Waals surface area (Å²) in [6.45, 7) is 4.03. The van der Waals surface area contributed by atoms with Crippen LogP contribution in [0.1, 0.15) is 39.5 Å². The molecule has 0 aromatic heterocycles. The topological polar surface area (TPSA) is 57.5 Å². The number of hydrogen-bond donors (Lipinski definition) is 2. The molecule has 0 aliphatic heterocycles. The third kappa shape index (κ3) is 3.97. The van der Waals surface area contributed by atoms with Gasteiger partial charge in [0.1, 0.15) is 0 Å². The molecule has 0 radical (unpaired) electrons. The Morgan fingerprint density at radius 2 is 1.77 bits per heavy atom. The molecule has 0 unspecified atom stereocenters. The molecule has 0 aliphatic carbocycles. The average molecular weight is 186 g/mol. The number of aliphatic hydroxyl groups is 1. The molecule has 0 bridgehead atoms. The van der Waals surface area contributed by atoms with Crippen molar-refractivity contribution >= 4 is 5.97 Å². The van der Waals surface area contributed by atoms with Crippen LogP contribution in [0.3, 0.4) is 0 Å². The van der Waals surface area contributed by atoms with Gasteiger partial charge in [0.25, 0.3) is 0 Å². The van der Waals surface area contributed by atoms with Gasteiger partial charge < -0.3 is 10.2 Å². The van der Waals surface area contributed by atoms with Gasteiger partial charge >= 0.3 is 5.97 Å². The van der Waals surface area contributed by atoms with Gasteiger partial charge in [-0.05, 0) is 18.8 Å². The summed E-state index contributed by atoms with van der Waals surface area (Å²) in [5.74, 6) is -1.01. The second kappa shape index (κ2) is 6.52. The number of carboxylic acids is 1. The van der Waals surface area contributed by atoms with Gasteiger partial charge in [0.2, 0.25) is 0 Å². The molecule has 0 spiro atoms. The van der Waals surface area contributed by atoms with E-state index in [9.17, 15) is 4.79 Å². The highest BCUT2D eigenvalue weighted by Crippen LogP contribution is 2.22. The lowest BCUT2D eigenvalue weighted by atomic mass is 9.91. The van der Waals surface area contributed by atoms with Crippen LogP contribution in [0.4, 0.5) is 0 Å². The first kappa shape index (κ1) is 12.0. The second-order valence-corrected chi connectivity index (χ2v) is 3.16. The molecule has 13 heavy (non-hydrogen) atoms. The minimum absolute atomic E-state index is 0.00231. The molecular weight excluding hydrogens is 168 g/mol. The number of carboxylic acid groups (broad SMARTS) is 1. The van der Waals surface area contributed by atoms with Gasteiger partial charge in [-0.3, -0.25) is 0 Å². The number of aliphatic carboxylic acids is 1. The fraction of sp³-hybridized carbons (Fsp3) is 0.700. The molecule has 2 N–H and O–H groups in total. The van der Waals surface area contributed by atoms with E-state index < -0.39 is 5.97 Å². The molecule has 0 fully saturated rings. The summed E-state index contributed by atoms with van der Waals surface area (Å²) < 4.78 is 0. The Morgan fingerprint density at radius 3 is 2.00 bits per heavy atom. The van der Waals surface area contributed by atoms with E-state index in [1.807, 2.05) is 13.8 Å². The minimum Gasteiger partial charge on any atom is -0.515 e. The van der Waals surface area contributed by atoms with Crippen molar-refractivity contribution in [3.63, 3.8) is 0 Å². The number of aliphatic hydroxyl groups excluding tert-OH is 1. The van der Waals surface area contributed by atoms with Crippen LogP contribution in [0.2, 0.25) is 0 Å². The summed E-state index contributed by atoms with van der Waals surface area (Å²) in [5, 5.41) is 17.5. The Labute approximate surface area is 79.1 Å². The molecule has 0 aromatic rings. The van der Waals surface area contributed by atoms with Gasteiger partial charge in [0.15, 0.2) is 0 Å². The van der Waals surface area contributed by atoms with Crippen LogP contribution in [-0.2, 0) is 4.79 Å². The number of rotatable bonds is 6. The van der Waals surface area contributed by atoms with E-state index in [0.717, 1.165) is 31.9 Å². The van der Waals surface area contributed by atoms with Gasteiger partial charge in [0, 0.05) is 0 Å². The predicted molar refractivity (Wildman–Crippen MR) is 51.7 cm³/mol. The lowest BCUT2D eigenvalue weighted by Crippen LogP contribution is -2.12. The maximum Gasteiger partial charge on any atom is 0.334 e. The van der Waals surface area contributed by atoms with E-state index in [2.05, 4.69) is 0 Å². The smallest absolute Gasteiger partial charge is 0.334 e. The Bertz CT molecular complexity index is 179. The Balaban J connectivity index is 4.39. The molecule has 0 saturated carbocycles. The van der Waals surface area contributed by atoms with Crippen molar-refractivity contribution in [3.8, 4) is 0 Å². The predicted octanol–water partition coefficient (Wildman–Crippen LogP) is 2.73. The van der Waals surface area contributed by atoms with Crippen LogP contribution in [0.15, 0.2) is 11.8 Å². The van der Waals surface area contributed by atoms with Crippen molar-refractivity contribution in [1.82, 2.24) is 0 Å². The zero-order valence-corrected chi connectivity index (χ0v) is 8.29. The third-order valence-corrected chi connectivity index (χ3v) is 2.10. The fourth-order valence-corrected chi connectivity index (χ4v) is 1.49. The summed E-state index contributed by atoms with van der Waals surface area (Å²) >= 11 is 0. The monoisotopic (exact) mass is 186 g/mol. The van der Waals surface area contributed by atoms with Crippen LogP contribution in [-0.4, -0.2) is 16.2 Å². The van der Waals surface area contributed by atoms with Crippen LogP contribution < -0.4 is 0 Å². The summed E-state index contributed by atoms with van der Waals surface area (Å²) in [4.78, 5) is 10.7. The van der Waals surface area contributed by atoms with E-state index in [1.54, 1.807) is 0 Å². The van der Waals surface area contributed by atoms with Crippen LogP contribution in [0.5, 0.6) is 0 Å². The quantitative estimate of drug-likeness (QED) is 0.495. The van der Waals surface area contributed by atoms with Crippen molar-refractivity contribution in [3.05, 3.63) is 11.8 Å². The molecule has 0 atom stereocenters. The lowest BCUT2D eigenvalue weighted by Gasteiger charge is -2.14. The molecule has 0 aromatic carbocycles. The maximum atomic E-state index is 10.7. The van der Waals surface area contributed by atoms with Crippen molar-refractivity contribution < 1.29 is 15.0 Å². The van der Waals surface area contributed by atoms with Crippen LogP contribution in [0.25, 0.3) is 0 Å². The van der Waals surface area contributed by atoms with Crippen molar-refractivity contribution in [1.29, 1.82) is 0 Å². The highest BCUT2D eigenvalue weighted by molar-refractivity contribution is 5.86. The number of carbonyl (C=O) groups is 1. The SMILES string of the molecule is CCCC(CCC)C(=CO)C(=O)O. The highest BCUT2D eigenvalue weighted by Gasteiger charge is 2.18.